The van der Waals surface area contributed by atoms with Gasteiger partial charge in [0.15, 0.2) is 0 Å². The molecule has 0 saturated carbocycles. The number of rotatable bonds is 5. The summed E-state index contributed by atoms with van der Waals surface area (Å²) in [5.41, 5.74) is 3.31. The Labute approximate surface area is 115 Å². The molecule has 0 spiro atoms. The largest absolute Gasteiger partial charge is 0.494 e. The number of carbonyl (C=O) groups is 1. The topological polar surface area (TPSA) is 63.2 Å². The number of thiazole rings is 1. The molecular formula is C13H15N3O2S. The van der Waals surface area contributed by atoms with E-state index in [9.17, 15) is 4.79 Å². The van der Waals surface area contributed by atoms with Crippen LogP contribution in [-0.2, 0) is 6.54 Å². The second kappa shape index (κ2) is 6.75. The summed E-state index contributed by atoms with van der Waals surface area (Å²) in [5, 5.41) is 7.38. The predicted molar refractivity (Wildman–Crippen MR) is 75.6 cm³/mol. The molecular weight excluding hydrogens is 262 g/mol. The normalized spacial score (nSPS) is 9.95. The van der Waals surface area contributed by atoms with Crippen molar-refractivity contribution in [3.05, 3.63) is 40.8 Å². The average molecular weight is 277 g/mol. The average Bonchev–Trinajstić information content (AvgIpc) is 2.92. The summed E-state index contributed by atoms with van der Waals surface area (Å²) in [6.07, 6.45) is 0. The number of aromatic nitrogens is 1. The van der Waals surface area contributed by atoms with E-state index in [1.165, 1.54) is 11.3 Å². The van der Waals surface area contributed by atoms with Gasteiger partial charge in [0.2, 0.25) is 0 Å². The smallest absolute Gasteiger partial charge is 0.319 e. The van der Waals surface area contributed by atoms with Gasteiger partial charge in [0, 0.05) is 11.1 Å². The number of hydrogen-bond donors (Lipinski definition) is 2. The van der Waals surface area contributed by atoms with E-state index < -0.39 is 0 Å². The SMILES string of the molecule is CCOc1ccc(NC(=O)NCc2cscn2)cc1. The van der Waals surface area contributed by atoms with Crippen molar-refractivity contribution in [1.82, 2.24) is 10.3 Å². The summed E-state index contributed by atoms with van der Waals surface area (Å²) in [4.78, 5) is 15.7. The molecule has 1 heterocycles. The van der Waals surface area contributed by atoms with Crippen LogP contribution in [0.3, 0.4) is 0 Å². The zero-order valence-electron chi connectivity index (χ0n) is 10.6. The lowest BCUT2D eigenvalue weighted by Crippen LogP contribution is -2.28. The van der Waals surface area contributed by atoms with Crippen molar-refractivity contribution < 1.29 is 9.53 Å². The van der Waals surface area contributed by atoms with E-state index in [1.54, 1.807) is 17.6 Å². The zero-order valence-corrected chi connectivity index (χ0v) is 11.4. The predicted octanol–water partition coefficient (Wildman–Crippen LogP) is 2.86. The third kappa shape index (κ3) is 4.26. The minimum absolute atomic E-state index is 0.253. The second-order valence-corrected chi connectivity index (χ2v) is 4.46. The fraction of sp³-hybridized carbons (Fsp3) is 0.231. The van der Waals surface area contributed by atoms with E-state index in [2.05, 4.69) is 15.6 Å². The Kier molecular flexibility index (Phi) is 4.74. The molecule has 0 unspecified atom stereocenters. The fourth-order valence-electron chi connectivity index (χ4n) is 1.47. The molecule has 2 aromatic rings. The van der Waals surface area contributed by atoms with E-state index in [0.29, 0.717) is 13.2 Å². The summed E-state index contributed by atoms with van der Waals surface area (Å²) < 4.78 is 5.33. The number of ether oxygens (including phenoxy) is 1. The molecule has 100 valence electrons. The van der Waals surface area contributed by atoms with Crippen LogP contribution in [0.2, 0.25) is 0 Å². The van der Waals surface area contributed by atoms with E-state index in [1.807, 2.05) is 24.4 Å². The van der Waals surface area contributed by atoms with Gasteiger partial charge in [-0.2, -0.15) is 0 Å². The summed E-state index contributed by atoms with van der Waals surface area (Å²) in [6, 6.07) is 6.98. The third-order valence-corrected chi connectivity index (χ3v) is 2.97. The molecule has 5 nitrogen and oxygen atoms in total. The lowest BCUT2D eigenvalue weighted by molar-refractivity contribution is 0.251. The number of nitrogens with one attached hydrogen (secondary N) is 2. The molecule has 2 amide bonds. The Hall–Kier alpha value is -2.08. The number of urea groups is 1. The fourth-order valence-corrected chi connectivity index (χ4v) is 2.03. The van der Waals surface area contributed by atoms with Crippen LogP contribution in [0.5, 0.6) is 5.75 Å². The number of anilines is 1. The molecule has 1 aromatic heterocycles. The Balaban J connectivity index is 1.81. The van der Waals surface area contributed by atoms with E-state index in [0.717, 1.165) is 17.1 Å². The molecule has 0 fully saturated rings. The van der Waals surface area contributed by atoms with Crippen molar-refractivity contribution in [2.24, 2.45) is 0 Å². The minimum atomic E-state index is -0.253. The maximum atomic E-state index is 11.6. The van der Waals surface area contributed by atoms with Crippen molar-refractivity contribution >= 4 is 23.1 Å². The van der Waals surface area contributed by atoms with Crippen LogP contribution in [0, 0.1) is 0 Å². The molecule has 0 saturated heterocycles. The van der Waals surface area contributed by atoms with E-state index >= 15 is 0 Å². The Morgan fingerprint density at radius 2 is 2.16 bits per heavy atom. The molecule has 0 bridgehead atoms. The zero-order chi connectivity index (χ0) is 13.5. The first kappa shape index (κ1) is 13.4. The van der Waals surface area contributed by atoms with Gasteiger partial charge in [-0.25, -0.2) is 9.78 Å². The first-order valence-corrected chi connectivity index (χ1v) is 6.87. The van der Waals surface area contributed by atoms with Gasteiger partial charge in [0.05, 0.1) is 24.4 Å². The van der Waals surface area contributed by atoms with Gasteiger partial charge < -0.3 is 15.4 Å². The van der Waals surface area contributed by atoms with Crippen LogP contribution in [0.1, 0.15) is 12.6 Å². The maximum absolute atomic E-state index is 11.6. The van der Waals surface area contributed by atoms with Crippen molar-refractivity contribution in [3.63, 3.8) is 0 Å². The second-order valence-electron chi connectivity index (χ2n) is 3.74. The van der Waals surface area contributed by atoms with Crippen LogP contribution in [0.15, 0.2) is 35.2 Å². The highest BCUT2D eigenvalue weighted by Crippen LogP contribution is 2.15. The highest BCUT2D eigenvalue weighted by molar-refractivity contribution is 7.07. The Morgan fingerprint density at radius 3 is 2.79 bits per heavy atom. The van der Waals surface area contributed by atoms with Gasteiger partial charge in [-0.15, -0.1) is 11.3 Å². The summed E-state index contributed by atoms with van der Waals surface area (Å²) in [6.45, 7) is 2.98. The van der Waals surface area contributed by atoms with Crippen LogP contribution in [0.25, 0.3) is 0 Å². The van der Waals surface area contributed by atoms with Crippen LogP contribution < -0.4 is 15.4 Å². The first-order valence-electron chi connectivity index (χ1n) is 5.92. The lowest BCUT2D eigenvalue weighted by atomic mass is 10.3. The number of carbonyl (C=O) groups excluding carboxylic acids is 1. The molecule has 0 aliphatic heterocycles. The molecule has 6 heteroatoms. The quantitative estimate of drug-likeness (QED) is 0.883. The molecule has 0 aliphatic rings. The molecule has 1 aromatic carbocycles. The van der Waals surface area contributed by atoms with Gasteiger partial charge in [-0.05, 0) is 31.2 Å². The monoisotopic (exact) mass is 277 g/mol. The first-order chi connectivity index (χ1) is 9.28. The third-order valence-electron chi connectivity index (χ3n) is 2.34. The van der Waals surface area contributed by atoms with Gasteiger partial charge in [0.1, 0.15) is 5.75 Å². The minimum Gasteiger partial charge on any atom is -0.494 e. The number of nitrogens with zero attached hydrogens (tertiary/aromatic N) is 1. The van der Waals surface area contributed by atoms with Crippen LogP contribution in [-0.4, -0.2) is 17.6 Å². The van der Waals surface area contributed by atoms with Crippen molar-refractivity contribution in [2.45, 2.75) is 13.5 Å². The van der Waals surface area contributed by atoms with Crippen LogP contribution in [0.4, 0.5) is 10.5 Å². The highest BCUT2D eigenvalue weighted by Gasteiger charge is 2.02. The van der Waals surface area contributed by atoms with Crippen LogP contribution >= 0.6 is 11.3 Å². The van der Waals surface area contributed by atoms with Gasteiger partial charge in [-0.3, -0.25) is 0 Å². The summed E-state index contributed by atoms with van der Waals surface area (Å²) in [7, 11) is 0. The highest BCUT2D eigenvalue weighted by atomic mass is 32.1. The molecule has 0 radical (unpaired) electrons. The standard InChI is InChI=1S/C13H15N3O2S/c1-2-18-12-5-3-10(4-6-12)16-13(17)14-7-11-8-19-9-15-11/h3-6,8-9H,2,7H2,1H3,(H2,14,16,17). The van der Waals surface area contributed by atoms with E-state index in [4.69, 9.17) is 4.74 Å². The van der Waals surface area contributed by atoms with E-state index in [-0.39, 0.29) is 6.03 Å². The molecule has 2 rings (SSSR count). The maximum Gasteiger partial charge on any atom is 0.319 e. The molecule has 0 atom stereocenters. The summed E-state index contributed by atoms with van der Waals surface area (Å²) in [5.74, 6) is 0.788. The Morgan fingerprint density at radius 1 is 1.37 bits per heavy atom. The molecule has 19 heavy (non-hydrogen) atoms. The molecule has 2 N–H and O–H groups in total. The van der Waals surface area contributed by atoms with Gasteiger partial charge in [-0.1, -0.05) is 0 Å². The van der Waals surface area contributed by atoms with Crippen molar-refractivity contribution in [1.29, 1.82) is 0 Å². The van der Waals surface area contributed by atoms with Gasteiger partial charge in [0.25, 0.3) is 0 Å². The van der Waals surface area contributed by atoms with Crippen molar-refractivity contribution in [3.8, 4) is 5.75 Å². The number of hydrogen-bond acceptors (Lipinski definition) is 4. The van der Waals surface area contributed by atoms with Gasteiger partial charge >= 0.3 is 6.03 Å². The summed E-state index contributed by atoms with van der Waals surface area (Å²) >= 11 is 1.50. The number of amides is 2. The lowest BCUT2D eigenvalue weighted by Gasteiger charge is -2.07. The Bertz CT molecular complexity index is 511. The van der Waals surface area contributed by atoms with Crippen molar-refractivity contribution in [2.75, 3.05) is 11.9 Å². The molecule has 0 aliphatic carbocycles. The number of benzene rings is 1.